The van der Waals surface area contributed by atoms with Crippen LogP contribution in [0.25, 0.3) is 5.69 Å². The molecule has 1 heterocycles. The third kappa shape index (κ3) is 3.50. The largest absolute Gasteiger partial charge is 0.407 e. The van der Waals surface area contributed by atoms with Crippen molar-refractivity contribution in [1.82, 2.24) is 9.78 Å². The lowest BCUT2D eigenvalue weighted by atomic mass is 9.43. The third-order valence-corrected chi connectivity index (χ3v) is 8.48. The lowest BCUT2D eigenvalue weighted by Gasteiger charge is -2.61. The molecule has 4 aliphatic carbocycles. The van der Waals surface area contributed by atoms with Gasteiger partial charge in [0, 0.05) is 11.1 Å². The Hall–Kier alpha value is -2.59. The van der Waals surface area contributed by atoms with Gasteiger partial charge in [-0.2, -0.15) is 5.10 Å². The molecule has 0 N–H and O–H groups in total. The van der Waals surface area contributed by atoms with E-state index in [9.17, 15) is 4.79 Å². The molecule has 7 rings (SSSR count). The van der Waals surface area contributed by atoms with Crippen LogP contribution in [0.5, 0.6) is 5.88 Å². The van der Waals surface area contributed by atoms with Gasteiger partial charge in [0.15, 0.2) is 0 Å². The van der Waals surface area contributed by atoms with Crippen LogP contribution < -0.4 is 4.74 Å². The normalized spacial score (nSPS) is 29.9. The Morgan fingerprint density at radius 2 is 1.67 bits per heavy atom. The van der Waals surface area contributed by atoms with E-state index >= 15 is 0 Å². The van der Waals surface area contributed by atoms with Crippen LogP contribution >= 0.6 is 11.6 Å². The molecule has 4 fully saturated rings. The van der Waals surface area contributed by atoms with Gasteiger partial charge in [0.2, 0.25) is 5.88 Å². The molecule has 170 valence electrons. The fraction of sp³-hybridized carbons (Fsp3) is 0.429. The van der Waals surface area contributed by atoms with Crippen molar-refractivity contribution in [3.8, 4) is 11.6 Å². The van der Waals surface area contributed by atoms with Crippen LogP contribution in [0, 0.1) is 31.1 Å². The number of carbonyl (C=O) groups excluding carboxylic acids is 1. The van der Waals surface area contributed by atoms with Crippen LogP contribution in [0.3, 0.4) is 0 Å². The van der Waals surface area contributed by atoms with Gasteiger partial charge in [-0.05, 0) is 99.5 Å². The second-order valence-corrected chi connectivity index (χ2v) is 11.2. The molecule has 2 aromatic carbocycles. The van der Waals surface area contributed by atoms with Gasteiger partial charge in [-0.25, -0.2) is 4.68 Å². The lowest BCUT2D eigenvalue weighted by molar-refractivity contribution is -0.164. The molecule has 33 heavy (non-hydrogen) atoms. The molecule has 4 bridgehead atoms. The first-order valence-electron chi connectivity index (χ1n) is 12.0. The average Bonchev–Trinajstić information content (AvgIpc) is 3.13. The quantitative estimate of drug-likeness (QED) is 0.412. The maximum atomic E-state index is 13.9. The number of benzene rings is 2. The molecule has 5 heteroatoms. The van der Waals surface area contributed by atoms with E-state index in [1.54, 1.807) is 4.68 Å². The molecule has 0 aliphatic heterocycles. The van der Waals surface area contributed by atoms with Gasteiger partial charge in [0.25, 0.3) is 0 Å². The van der Waals surface area contributed by atoms with E-state index in [0.29, 0.717) is 22.7 Å². The zero-order valence-electron chi connectivity index (χ0n) is 19.2. The molecule has 3 aromatic rings. The smallest absolute Gasteiger partial charge is 0.318 e. The highest BCUT2D eigenvalue weighted by atomic mass is 35.5. The maximum absolute atomic E-state index is 13.9. The van der Waals surface area contributed by atoms with E-state index in [1.807, 2.05) is 37.3 Å². The number of ether oxygens (including phenoxy) is 1. The first-order valence-corrected chi connectivity index (χ1v) is 12.3. The van der Waals surface area contributed by atoms with E-state index in [0.717, 1.165) is 30.6 Å². The fourth-order valence-corrected chi connectivity index (χ4v) is 7.39. The molecule has 4 saturated carbocycles. The van der Waals surface area contributed by atoms with Crippen LogP contribution in [0.4, 0.5) is 0 Å². The van der Waals surface area contributed by atoms with Crippen LogP contribution in [-0.2, 0) is 10.2 Å². The van der Waals surface area contributed by atoms with Gasteiger partial charge in [0.05, 0.1) is 16.8 Å². The van der Waals surface area contributed by atoms with E-state index in [2.05, 4.69) is 36.3 Å². The Balaban J connectivity index is 1.32. The lowest BCUT2D eigenvalue weighted by Crippen LogP contribution is -2.57. The molecule has 4 nitrogen and oxygen atoms in total. The molecular weight excluding hydrogens is 432 g/mol. The Morgan fingerprint density at radius 3 is 2.33 bits per heavy atom. The summed E-state index contributed by atoms with van der Waals surface area (Å²) in [7, 11) is 0. The van der Waals surface area contributed by atoms with Gasteiger partial charge >= 0.3 is 5.97 Å². The van der Waals surface area contributed by atoms with Crippen LogP contribution in [0.2, 0.25) is 5.02 Å². The Morgan fingerprint density at radius 1 is 1.00 bits per heavy atom. The van der Waals surface area contributed by atoms with Crippen molar-refractivity contribution < 1.29 is 9.53 Å². The van der Waals surface area contributed by atoms with Crippen molar-refractivity contribution in [1.29, 1.82) is 0 Å². The third-order valence-electron chi connectivity index (χ3n) is 8.23. The summed E-state index contributed by atoms with van der Waals surface area (Å²) >= 11 is 6.06. The standard InChI is InChI=1S/C28H29ClN2O2/c1-18-3-5-22(6-4-18)27-13-20-12-21(14-27)16-28(15-20,17-27)26(32)33-25-11-19(2)30-31(25)24-9-7-23(29)8-10-24/h3-11,20-21H,12-17H2,1-2H3. The number of carbonyl (C=O) groups is 1. The first kappa shape index (κ1) is 21.0. The monoisotopic (exact) mass is 460 g/mol. The minimum Gasteiger partial charge on any atom is -0.407 e. The molecule has 1 aromatic heterocycles. The minimum atomic E-state index is -0.405. The Labute approximate surface area is 199 Å². The summed E-state index contributed by atoms with van der Waals surface area (Å²) in [6, 6.07) is 18.3. The second-order valence-electron chi connectivity index (χ2n) is 10.8. The number of rotatable bonds is 4. The molecule has 2 atom stereocenters. The minimum absolute atomic E-state index is 0.0804. The summed E-state index contributed by atoms with van der Waals surface area (Å²) in [5.74, 6) is 1.61. The summed E-state index contributed by atoms with van der Waals surface area (Å²) < 4.78 is 7.87. The predicted molar refractivity (Wildman–Crippen MR) is 129 cm³/mol. The van der Waals surface area contributed by atoms with Crippen molar-refractivity contribution in [2.24, 2.45) is 17.3 Å². The number of aromatic nitrogens is 2. The molecule has 0 saturated heterocycles. The molecule has 4 aliphatic rings. The van der Waals surface area contributed by atoms with Gasteiger partial charge < -0.3 is 4.74 Å². The maximum Gasteiger partial charge on any atom is 0.318 e. The van der Waals surface area contributed by atoms with E-state index in [-0.39, 0.29) is 11.4 Å². The number of hydrogen-bond donors (Lipinski definition) is 0. The van der Waals surface area contributed by atoms with Crippen molar-refractivity contribution in [3.63, 3.8) is 0 Å². The summed E-state index contributed by atoms with van der Waals surface area (Å²) in [6.07, 6.45) is 6.44. The average molecular weight is 461 g/mol. The van der Waals surface area contributed by atoms with E-state index in [1.165, 1.54) is 30.4 Å². The van der Waals surface area contributed by atoms with Crippen molar-refractivity contribution in [2.75, 3.05) is 0 Å². The Kier molecular flexibility index (Phi) is 4.74. The molecule has 2 unspecified atom stereocenters. The summed E-state index contributed by atoms with van der Waals surface area (Å²) in [6.45, 7) is 4.05. The highest BCUT2D eigenvalue weighted by molar-refractivity contribution is 6.30. The number of halogens is 1. The van der Waals surface area contributed by atoms with Crippen LogP contribution in [0.1, 0.15) is 55.3 Å². The van der Waals surface area contributed by atoms with Gasteiger partial charge in [-0.3, -0.25) is 4.79 Å². The summed E-state index contributed by atoms with van der Waals surface area (Å²) in [5, 5.41) is 5.24. The van der Waals surface area contributed by atoms with Crippen molar-refractivity contribution >= 4 is 17.6 Å². The van der Waals surface area contributed by atoms with E-state index < -0.39 is 5.41 Å². The molecule has 0 radical (unpaired) electrons. The molecule has 0 spiro atoms. The zero-order valence-corrected chi connectivity index (χ0v) is 19.9. The summed E-state index contributed by atoms with van der Waals surface area (Å²) in [5.41, 5.74) is 4.03. The number of hydrogen-bond acceptors (Lipinski definition) is 3. The molecule has 0 amide bonds. The zero-order chi connectivity index (χ0) is 22.8. The predicted octanol–water partition coefficient (Wildman–Crippen LogP) is 6.59. The van der Waals surface area contributed by atoms with Crippen LogP contribution in [-0.4, -0.2) is 15.7 Å². The molecular formula is C28H29ClN2O2. The second kappa shape index (κ2) is 7.46. The number of nitrogens with zero attached hydrogens (tertiary/aromatic N) is 2. The number of esters is 1. The summed E-state index contributed by atoms with van der Waals surface area (Å²) in [4.78, 5) is 13.9. The van der Waals surface area contributed by atoms with Crippen molar-refractivity contribution in [3.05, 3.63) is 76.4 Å². The SMILES string of the molecule is Cc1ccc(C23CC4CC(CC(C(=O)Oc5cc(C)nn5-c5ccc(Cl)cc5)(C4)C2)C3)cc1. The first-order chi connectivity index (χ1) is 15.8. The van der Waals surface area contributed by atoms with Gasteiger partial charge in [-0.15, -0.1) is 0 Å². The van der Waals surface area contributed by atoms with Gasteiger partial charge in [0.1, 0.15) is 0 Å². The van der Waals surface area contributed by atoms with Crippen molar-refractivity contribution in [2.45, 2.75) is 57.8 Å². The Bertz CT molecular complexity index is 1200. The topological polar surface area (TPSA) is 44.1 Å². The van der Waals surface area contributed by atoms with Gasteiger partial charge in [-0.1, -0.05) is 41.4 Å². The fourth-order valence-electron chi connectivity index (χ4n) is 7.27. The highest BCUT2D eigenvalue weighted by Gasteiger charge is 2.61. The van der Waals surface area contributed by atoms with Crippen LogP contribution in [0.15, 0.2) is 54.6 Å². The number of aryl methyl sites for hydroxylation is 2. The highest BCUT2D eigenvalue weighted by Crippen LogP contribution is 2.66. The van der Waals surface area contributed by atoms with E-state index in [4.69, 9.17) is 16.3 Å².